The first-order valence-electron chi connectivity index (χ1n) is 12.9. The van der Waals surface area contributed by atoms with Gasteiger partial charge in [0.25, 0.3) is 5.91 Å². The van der Waals surface area contributed by atoms with Gasteiger partial charge in [0, 0.05) is 11.1 Å². The highest BCUT2D eigenvalue weighted by atomic mass is 35.5. The van der Waals surface area contributed by atoms with Gasteiger partial charge in [-0.3, -0.25) is 4.79 Å². The predicted molar refractivity (Wildman–Crippen MR) is 143 cm³/mol. The minimum Gasteiger partial charge on any atom is -0.493 e. The smallest absolute Gasteiger partial charge is 0.251 e. The summed E-state index contributed by atoms with van der Waals surface area (Å²) in [6.45, 7) is 0.426. The van der Waals surface area contributed by atoms with Crippen LogP contribution in [0.15, 0.2) is 42.5 Å². The number of nitrogens with one attached hydrogen (secondary N) is 1. The van der Waals surface area contributed by atoms with Crippen LogP contribution in [0.25, 0.3) is 11.3 Å². The number of hydrogen-bond donors (Lipinski definition) is 3. The van der Waals surface area contributed by atoms with Crippen LogP contribution < -0.4 is 19.5 Å². The topological polar surface area (TPSA) is 110 Å². The molecule has 0 saturated heterocycles. The lowest BCUT2D eigenvalue weighted by Gasteiger charge is -2.31. The molecule has 1 atom stereocenters. The number of rotatable bonds is 10. The van der Waals surface area contributed by atoms with E-state index in [1.807, 2.05) is 6.07 Å². The number of nitrogens with zero attached hydrogens (tertiary/aromatic N) is 1. The van der Waals surface area contributed by atoms with Crippen molar-refractivity contribution in [2.75, 3.05) is 33.5 Å². The van der Waals surface area contributed by atoms with E-state index in [2.05, 4.69) is 5.32 Å². The number of fused-ring (bicyclic) bond motifs is 1. The normalized spacial score (nSPS) is 16.0. The summed E-state index contributed by atoms with van der Waals surface area (Å²) in [5.41, 5.74) is 1.30. The molecule has 3 N–H and O–H groups in total. The number of aromatic nitrogens is 1. The lowest BCUT2D eigenvalue weighted by atomic mass is 9.89. The van der Waals surface area contributed by atoms with Crippen LogP contribution in [0.3, 0.4) is 0 Å². The zero-order chi connectivity index (χ0) is 27.6. The molecule has 1 aliphatic carbocycles. The second kappa shape index (κ2) is 11.4. The van der Waals surface area contributed by atoms with Crippen LogP contribution >= 0.6 is 11.6 Å². The van der Waals surface area contributed by atoms with E-state index in [1.165, 1.54) is 19.2 Å². The Bertz CT molecular complexity index is 1380. The number of carbonyl (C=O) groups is 1. The molecular weight excluding hydrogens is 527 g/mol. The Kier molecular flexibility index (Phi) is 7.93. The molecule has 2 aromatic carbocycles. The first-order valence-corrected chi connectivity index (χ1v) is 13.3. The number of pyridine rings is 1. The monoisotopic (exact) mass is 556 g/mol. The van der Waals surface area contributed by atoms with Gasteiger partial charge in [0.15, 0.2) is 11.5 Å². The molecule has 3 aromatic rings. The van der Waals surface area contributed by atoms with Gasteiger partial charge in [-0.05, 0) is 79.6 Å². The minimum atomic E-state index is -1.42. The standard InChI is InChI=1S/C29H30ClFN2O6/c1-37-24-14-19(5-9-23(24)38-12-10-34)28(35)32-16-29(36,20-6-7-20)25-15-18-3-2-11-39-27(18)26(33-25)17-4-8-22(31)21(30)13-17/h4-5,8-9,13-15,20,34,36H,2-3,6-7,10-12,16H2,1H3,(H,32,35). The summed E-state index contributed by atoms with van der Waals surface area (Å²) in [5, 5.41) is 23.8. The van der Waals surface area contributed by atoms with E-state index in [4.69, 9.17) is 35.9 Å². The average Bonchev–Trinajstić information content (AvgIpc) is 3.82. The van der Waals surface area contributed by atoms with E-state index in [0.717, 1.165) is 31.2 Å². The number of ether oxygens (including phenoxy) is 3. The predicted octanol–water partition coefficient (Wildman–Crippen LogP) is 4.27. The Morgan fingerprint density at radius 2 is 2.05 bits per heavy atom. The van der Waals surface area contributed by atoms with Crippen LogP contribution in [-0.4, -0.2) is 54.6 Å². The SMILES string of the molecule is COc1cc(C(=O)NCC(O)(c2cc3c(c(-c4ccc(F)c(Cl)c4)n2)OCCC3)C2CC2)ccc1OCCO. The summed E-state index contributed by atoms with van der Waals surface area (Å²) in [7, 11) is 1.46. The number of aryl methyl sites for hydroxylation is 1. The van der Waals surface area contributed by atoms with E-state index in [-0.39, 0.29) is 30.7 Å². The second-order valence-electron chi connectivity index (χ2n) is 9.74. The summed E-state index contributed by atoms with van der Waals surface area (Å²) < 4.78 is 30.6. The molecule has 39 heavy (non-hydrogen) atoms. The zero-order valence-electron chi connectivity index (χ0n) is 21.5. The van der Waals surface area contributed by atoms with Crippen LogP contribution in [0.2, 0.25) is 5.02 Å². The zero-order valence-corrected chi connectivity index (χ0v) is 22.3. The number of carbonyl (C=O) groups excluding carboxylic acids is 1. The third-order valence-electron chi connectivity index (χ3n) is 7.07. The summed E-state index contributed by atoms with van der Waals surface area (Å²) in [6, 6.07) is 11.0. The van der Waals surface area contributed by atoms with E-state index < -0.39 is 17.3 Å². The summed E-state index contributed by atoms with van der Waals surface area (Å²) >= 11 is 6.07. The minimum absolute atomic E-state index is 0.0304. The van der Waals surface area contributed by atoms with Crippen molar-refractivity contribution in [1.29, 1.82) is 0 Å². The fraction of sp³-hybridized carbons (Fsp3) is 0.379. The van der Waals surface area contributed by atoms with Gasteiger partial charge in [-0.1, -0.05) is 11.6 Å². The molecular formula is C29H30ClFN2O6. The molecule has 2 aliphatic rings. The van der Waals surface area contributed by atoms with Crippen molar-refractivity contribution in [3.05, 3.63) is 70.1 Å². The molecule has 0 bridgehead atoms. The van der Waals surface area contributed by atoms with Crippen molar-refractivity contribution in [2.45, 2.75) is 31.3 Å². The molecule has 206 valence electrons. The highest BCUT2D eigenvalue weighted by Gasteiger charge is 2.47. The molecule has 1 aliphatic heterocycles. The number of halogens is 2. The van der Waals surface area contributed by atoms with Gasteiger partial charge >= 0.3 is 0 Å². The third-order valence-corrected chi connectivity index (χ3v) is 7.36. The molecule has 1 saturated carbocycles. The Labute approximate surface area is 230 Å². The van der Waals surface area contributed by atoms with E-state index >= 15 is 0 Å². The molecule has 2 heterocycles. The molecule has 8 nitrogen and oxygen atoms in total. The highest BCUT2D eigenvalue weighted by Crippen LogP contribution is 2.47. The highest BCUT2D eigenvalue weighted by molar-refractivity contribution is 6.31. The number of hydrogen-bond acceptors (Lipinski definition) is 7. The Morgan fingerprint density at radius 3 is 2.77 bits per heavy atom. The number of amides is 1. The maximum Gasteiger partial charge on any atom is 0.251 e. The maximum absolute atomic E-state index is 13.9. The second-order valence-corrected chi connectivity index (χ2v) is 10.2. The lowest BCUT2D eigenvalue weighted by molar-refractivity contribution is 0.00938. The van der Waals surface area contributed by atoms with Crippen molar-refractivity contribution in [3.63, 3.8) is 0 Å². The molecule has 1 aromatic heterocycles. The summed E-state index contributed by atoms with van der Waals surface area (Å²) in [6.07, 6.45) is 3.15. The van der Waals surface area contributed by atoms with Gasteiger partial charge < -0.3 is 29.7 Å². The van der Waals surface area contributed by atoms with Crippen LogP contribution in [0.5, 0.6) is 17.2 Å². The van der Waals surface area contributed by atoms with Crippen molar-refractivity contribution < 1.29 is 33.6 Å². The molecule has 5 rings (SSSR count). The van der Waals surface area contributed by atoms with Crippen LogP contribution in [0, 0.1) is 11.7 Å². The van der Waals surface area contributed by atoms with Crippen LogP contribution in [0.1, 0.15) is 40.9 Å². The van der Waals surface area contributed by atoms with E-state index in [0.29, 0.717) is 46.4 Å². The molecule has 1 unspecified atom stereocenters. The van der Waals surface area contributed by atoms with Gasteiger partial charge in [-0.15, -0.1) is 0 Å². The van der Waals surface area contributed by atoms with Crippen molar-refractivity contribution >= 4 is 17.5 Å². The van der Waals surface area contributed by atoms with Crippen LogP contribution in [-0.2, 0) is 12.0 Å². The number of benzene rings is 2. The number of aliphatic hydroxyl groups excluding tert-OH is 1. The first kappa shape index (κ1) is 27.2. The van der Waals surface area contributed by atoms with E-state index in [1.54, 1.807) is 24.3 Å². The van der Waals surface area contributed by atoms with Gasteiger partial charge in [0.05, 0.1) is 37.6 Å². The van der Waals surface area contributed by atoms with E-state index in [9.17, 15) is 14.3 Å². The quantitative estimate of drug-likeness (QED) is 0.342. The lowest BCUT2D eigenvalue weighted by Crippen LogP contribution is -2.43. The molecule has 0 spiro atoms. The maximum atomic E-state index is 13.9. The number of aliphatic hydroxyl groups is 2. The Morgan fingerprint density at radius 1 is 1.23 bits per heavy atom. The molecule has 0 radical (unpaired) electrons. The van der Waals surface area contributed by atoms with Gasteiger partial charge in [0.2, 0.25) is 0 Å². The molecule has 10 heteroatoms. The molecule has 1 fully saturated rings. The fourth-order valence-electron chi connectivity index (χ4n) is 4.84. The van der Waals surface area contributed by atoms with Gasteiger partial charge in [-0.25, -0.2) is 9.37 Å². The summed E-state index contributed by atoms with van der Waals surface area (Å²) in [4.78, 5) is 17.9. The third kappa shape index (κ3) is 5.66. The summed E-state index contributed by atoms with van der Waals surface area (Å²) in [5.74, 6) is 0.354. The number of methoxy groups -OCH3 is 1. The average molecular weight is 557 g/mol. The largest absolute Gasteiger partial charge is 0.493 e. The fourth-order valence-corrected chi connectivity index (χ4v) is 5.02. The Balaban J connectivity index is 1.44. The van der Waals surface area contributed by atoms with Gasteiger partial charge in [-0.2, -0.15) is 0 Å². The van der Waals surface area contributed by atoms with Crippen molar-refractivity contribution in [2.24, 2.45) is 5.92 Å². The first-order chi connectivity index (χ1) is 18.8. The Hall–Kier alpha value is -3.40. The van der Waals surface area contributed by atoms with Gasteiger partial charge in [0.1, 0.15) is 29.5 Å². The molecule has 1 amide bonds. The van der Waals surface area contributed by atoms with Crippen LogP contribution in [0.4, 0.5) is 4.39 Å². The van der Waals surface area contributed by atoms with Crippen molar-refractivity contribution in [3.8, 4) is 28.5 Å². The van der Waals surface area contributed by atoms with Crippen molar-refractivity contribution in [1.82, 2.24) is 10.3 Å².